The van der Waals surface area contributed by atoms with Crippen molar-refractivity contribution in [3.05, 3.63) is 11.3 Å². The molecule has 2 N–H and O–H groups in total. The molecule has 0 radical (unpaired) electrons. The van der Waals surface area contributed by atoms with Gasteiger partial charge in [-0.3, -0.25) is 0 Å². The molecule has 1 aromatic heterocycles. The van der Waals surface area contributed by atoms with Crippen molar-refractivity contribution in [2.24, 2.45) is 0 Å². The molecule has 4 nitrogen and oxygen atoms in total. The van der Waals surface area contributed by atoms with Crippen LogP contribution in [0.2, 0.25) is 5.15 Å². The molecular weight excluding hydrogens is 250 g/mol. The average Bonchev–Trinajstić information content (AvgIpc) is 2.60. The van der Waals surface area contributed by atoms with Gasteiger partial charge in [0.15, 0.2) is 5.15 Å². The highest BCUT2D eigenvalue weighted by atomic mass is 35.5. The number of rotatable bonds is 2. The van der Waals surface area contributed by atoms with Crippen LogP contribution in [0.15, 0.2) is 6.20 Å². The van der Waals surface area contributed by atoms with E-state index < -0.39 is 12.0 Å². The molecule has 1 aliphatic heterocycles. The maximum absolute atomic E-state index is 13.9. The molecule has 2 rings (SSSR count). The Bertz CT molecular complexity index is 407. The van der Waals surface area contributed by atoms with Gasteiger partial charge < -0.3 is 10.6 Å². The molecule has 0 saturated carbocycles. The van der Waals surface area contributed by atoms with Crippen molar-refractivity contribution in [3.63, 3.8) is 0 Å². The second kappa shape index (κ2) is 4.42. The standard InChI is InChI=1S/C10H15ClF2N4/c1-2-16-4-3-10(12,13)8(6-16)17-9(11)7(14)5-15-17/h5,8H,2-4,6,14H2,1H3. The van der Waals surface area contributed by atoms with Gasteiger partial charge in [-0.25, -0.2) is 13.5 Å². The van der Waals surface area contributed by atoms with Crippen LogP contribution in [0.25, 0.3) is 0 Å². The molecular formula is C10H15ClF2N4. The average molecular weight is 265 g/mol. The Hall–Kier alpha value is -0.880. The number of nitrogens with zero attached hydrogens (tertiary/aromatic N) is 3. The lowest BCUT2D eigenvalue weighted by Crippen LogP contribution is -2.48. The van der Waals surface area contributed by atoms with Crippen LogP contribution < -0.4 is 5.73 Å². The largest absolute Gasteiger partial charge is 0.395 e. The molecule has 1 unspecified atom stereocenters. The molecule has 0 bridgehead atoms. The van der Waals surface area contributed by atoms with E-state index in [9.17, 15) is 8.78 Å². The van der Waals surface area contributed by atoms with Gasteiger partial charge in [0.2, 0.25) is 0 Å². The number of aromatic nitrogens is 2. The van der Waals surface area contributed by atoms with Gasteiger partial charge in [-0.05, 0) is 6.54 Å². The summed E-state index contributed by atoms with van der Waals surface area (Å²) in [6, 6.07) is -1.04. The number of nitrogen functional groups attached to an aromatic ring is 1. The monoisotopic (exact) mass is 264 g/mol. The lowest BCUT2D eigenvalue weighted by atomic mass is 10.0. The molecule has 1 atom stereocenters. The van der Waals surface area contributed by atoms with Gasteiger partial charge in [0.05, 0.1) is 11.9 Å². The summed E-state index contributed by atoms with van der Waals surface area (Å²) in [5, 5.41) is 3.95. The van der Waals surface area contributed by atoms with Crippen LogP contribution in [-0.2, 0) is 0 Å². The van der Waals surface area contributed by atoms with Gasteiger partial charge in [0.1, 0.15) is 6.04 Å². The quantitative estimate of drug-likeness (QED) is 0.889. The number of likely N-dealkylation sites (tertiary alicyclic amines) is 1. The van der Waals surface area contributed by atoms with Crippen molar-refractivity contribution in [1.29, 1.82) is 0 Å². The summed E-state index contributed by atoms with van der Waals surface area (Å²) in [4.78, 5) is 1.95. The first kappa shape index (κ1) is 12.6. The zero-order valence-electron chi connectivity index (χ0n) is 9.54. The first-order valence-corrected chi connectivity index (χ1v) is 5.92. The third-order valence-corrected chi connectivity index (χ3v) is 3.57. The molecule has 0 spiro atoms. The summed E-state index contributed by atoms with van der Waals surface area (Å²) in [5.41, 5.74) is 5.76. The highest BCUT2D eigenvalue weighted by Gasteiger charge is 2.46. The lowest BCUT2D eigenvalue weighted by molar-refractivity contribution is -0.101. The van der Waals surface area contributed by atoms with E-state index in [1.54, 1.807) is 0 Å². The number of alkyl halides is 2. The topological polar surface area (TPSA) is 47.1 Å². The van der Waals surface area contributed by atoms with Crippen molar-refractivity contribution < 1.29 is 8.78 Å². The summed E-state index contributed by atoms with van der Waals surface area (Å²) < 4.78 is 28.9. The summed E-state index contributed by atoms with van der Waals surface area (Å²) in [7, 11) is 0. The minimum Gasteiger partial charge on any atom is -0.395 e. The Labute approximate surface area is 103 Å². The first-order valence-electron chi connectivity index (χ1n) is 5.54. The molecule has 1 fully saturated rings. The molecule has 0 amide bonds. The maximum Gasteiger partial charge on any atom is 0.272 e. The van der Waals surface area contributed by atoms with Crippen molar-refractivity contribution in [2.75, 3.05) is 25.4 Å². The van der Waals surface area contributed by atoms with E-state index in [1.165, 1.54) is 6.20 Å². The smallest absolute Gasteiger partial charge is 0.272 e. The SMILES string of the molecule is CCN1CCC(F)(F)C(n2ncc(N)c2Cl)C1. The molecule has 2 heterocycles. The molecule has 1 saturated heterocycles. The number of hydrogen-bond donors (Lipinski definition) is 1. The van der Waals surface area contributed by atoms with Crippen LogP contribution in [0.4, 0.5) is 14.5 Å². The summed E-state index contributed by atoms with van der Waals surface area (Å²) in [6.07, 6.45) is 1.13. The van der Waals surface area contributed by atoms with Gasteiger partial charge in [0.25, 0.3) is 5.92 Å². The van der Waals surface area contributed by atoms with E-state index >= 15 is 0 Å². The highest BCUT2D eigenvalue weighted by molar-refractivity contribution is 6.32. The van der Waals surface area contributed by atoms with E-state index in [0.29, 0.717) is 6.54 Å². The number of nitrogens with two attached hydrogens (primary N) is 1. The second-order valence-electron chi connectivity index (χ2n) is 4.26. The molecule has 1 aliphatic rings. The number of hydrogen-bond acceptors (Lipinski definition) is 3. The zero-order valence-corrected chi connectivity index (χ0v) is 10.3. The normalized spacial score (nSPS) is 25.1. The highest BCUT2D eigenvalue weighted by Crippen LogP contribution is 2.38. The zero-order chi connectivity index (χ0) is 12.6. The molecule has 7 heteroatoms. The number of likely N-dealkylation sites (N-methyl/N-ethyl adjacent to an activating group) is 1. The fourth-order valence-electron chi connectivity index (χ4n) is 2.06. The fourth-order valence-corrected chi connectivity index (χ4v) is 2.27. The van der Waals surface area contributed by atoms with E-state index in [1.807, 2.05) is 11.8 Å². The van der Waals surface area contributed by atoms with Crippen molar-refractivity contribution in [1.82, 2.24) is 14.7 Å². The van der Waals surface area contributed by atoms with E-state index in [0.717, 1.165) is 11.2 Å². The predicted molar refractivity (Wildman–Crippen MR) is 62.4 cm³/mol. The van der Waals surface area contributed by atoms with Crippen LogP contribution in [0.3, 0.4) is 0 Å². The Morgan fingerprint density at radius 1 is 1.65 bits per heavy atom. The molecule has 17 heavy (non-hydrogen) atoms. The maximum atomic E-state index is 13.9. The summed E-state index contributed by atoms with van der Waals surface area (Å²) in [5.74, 6) is -2.80. The van der Waals surface area contributed by atoms with E-state index in [4.69, 9.17) is 17.3 Å². The Balaban J connectivity index is 2.30. The van der Waals surface area contributed by atoms with Crippen LogP contribution in [0.5, 0.6) is 0 Å². The third-order valence-electron chi connectivity index (χ3n) is 3.18. The minimum absolute atomic E-state index is 0.0904. The van der Waals surface area contributed by atoms with E-state index in [2.05, 4.69) is 5.10 Å². The Kier molecular flexibility index (Phi) is 3.27. The van der Waals surface area contributed by atoms with Crippen LogP contribution in [0, 0.1) is 0 Å². The fraction of sp³-hybridized carbons (Fsp3) is 0.700. The van der Waals surface area contributed by atoms with E-state index in [-0.39, 0.29) is 23.8 Å². The van der Waals surface area contributed by atoms with Gasteiger partial charge >= 0.3 is 0 Å². The molecule has 1 aromatic rings. The van der Waals surface area contributed by atoms with Gasteiger partial charge in [0, 0.05) is 19.5 Å². The Morgan fingerprint density at radius 2 is 2.35 bits per heavy atom. The minimum atomic E-state index is -2.80. The van der Waals surface area contributed by atoms with Gasteiger partial charge in [-0.15, -0.1) is 0 Å². The van der Waals surface area contributed by atoms with Crippen molar-refractivity contribution in [2.45, 2.75) is 25.3 Å². The van der Waals surface area contributed by atoms with Crippen molar-refractivity contribution >= 4 is 17.3 Å². The lowest BCUT2D eigenvalue weighted by Gasteiger charge is -2.38. The summed E-state index contributed by atoms with van der Waals surface area (Å²) >= 11 is 5.88. The number of anilines is 1. The molecule has 0 aliphatic carbocycles. The number of halogens is 3. The third kappa shape index (κ3) is 2.24. The van der Waals surface area contributed by atoms with Crippen LogP contribution >= 0.6 is 11.6 Å². The van der Waals surface area contributed by atoms with Crippen molar-refractivity contribution in [3.8, 4) is 0 Å². The molecule has 0 aromatic carbocycles. The van der Waals surface area contributed by atoms with Gasteiger partial charge in [-0.1, -0.05) is 18.5 Å². The van der Waals surface area contributed by atoms with Gasteiger partial charge in [-0.2, -0.15) is 5.10 Å². The molecule has 96 valence electrons. The number of piperidine rings is 1. The second-order valence-corrected chi connectivity index (χ2v) is 4.61. The van der Waals surface area contributed by atoms with Crippen LogP contribution in [-0.4, -0.2) is 40.2 Å². The Morgan fingerprint density at radius 3 is 2.88 bits per heavy atom. The first-order chi connectivity index (χ1) is 7.95. The van der Waals surface area contributed by atoms with Crippen LogP contribution in [0.1, 0.15) is 19.4 Å². The predicted octanol–water partition coefficient (Wildman–Crippen LogP) is 2.02. The summed E-state index contributed by atoms with van der Waals surface area (Å²) in [6.45, 7) is 3.32.